The highest BCUT2D eigenvalue weighted by Gasteiger charge is 2.21. The van der Waals surface area contributed by atoms with Crippen molar-refractivity contribution in [3.05, 3.63) is 60.3 Å². The first-order chi connectivity index (χ1) is 14.9. The fraction of sp³-hybridized carbons (Fsp3) is 0.318. The Balaban J connectivity index is 1.46. The first kappa shape index (κ1) is 21.4. The fourth-order valence-corrected chi connectivity index (χ4v) is 4.38. The monoisotopic (exact) mass is 442 g/mol. The Labute approximate surface area is 181 Å². The van der Waals surface area contributed by atoms with Gasteiger partial charge >= 0.3 is 0 Å². The van der Waals surface area contributed by atoms with Gasteiger partial charge in [-0.05, 0) is 42.1 Å². The molecule has 3 N–H and O–H groups in total. The summed E-state index contributed by atoms with van der Waals surface area (Å²) in [7, 11) is -3.91. The van der Waals surface area contributed by atoms with Crippen molar-refractivity contribution in [2.75, 3.05) is 37.7 Å². The molecule has 1 fully saturated rings. The molecule has 0 aliphatic carbocycles. The van der Waals surface area contributed by atoms with E-state index >= 15 is 0 Å². The number of para-hydroxylation sites is 1. The minimum absolute atomic E-state index is 0.0755. The minimum atomic E-state index is -3.91. The van der Waals surface area contributed by atoms with E-state index in [1.165, 1.54) is 17.5 Å². The quantitative estimate of drug-likeness (QED) is 0.544. The average Bonchev–Trinajstić information content (AvgIpc) is 3.19. The van der Waals surface area contributed by atoms with E-state index in [2.05, 4.69) is 28.1 Å². The lowest BCUT2D eigenvalue weighted by molar-refractivity contribution is 0.0951. The Morgan fingerprint density at radius 2 is 1.87 bits per heavy atom. The number of primary sulfonamides is 1. The smallest absolute Gasteiger partial charge is 0.253 e. The molecule has 3 aromatic rings. The number of hydrogen-bond acceptors (Lipinski definition) is 5. The highest BCUT2D eigenvalue weighted by Crippen LogP contribution is 2.25. The first-order valence-corrected chi connectivity index (χ1v) is 11.8. The number of carbonyl (C=O) groups is 1. The first-order valence-electron chi connectivity index (χ1n) is 10.2. The summed E-state index contributed by atoms with van der Waals surface area (Å²) in [4.78, 5) is 14.9. The number of hydrogen-bond donors (Lipinski definition) is 2. The molecule has 1 saturated heterocycles. The van der Waals surface area contributed by atoms with Gasteiger partial charge in [0.1, 0.15) is 0 Å². The summed E-state index contributed by atoms with van der Waals surface area (Å²) in [5.41, 5.74) is 2.15. The SMILES string of the molecule is NS(=O)(=O)c1ccc(N2CCOCC2)c(C(=O)NCCCn2ccc3ccccc32)c1. The molecule has 31 heavy (non-hydrogen) atoms. The maximum atomic E-state index is 12.9. The Morgan fingerprint density at radius 1 is 1.10 bits per heavy atom. The van der Waals surface area contributed by atoms with Crippen LogP contribution < -0.4 is 15.4 Å². The minimum Gasteiger partial charge on any atom is -0.378 e. The van der Waals surface area contributed by atoms with E-state index in [4.69, 9.17) is 9.88 Å². The maximum absolute atomic E-state index is 12.9. The van der Waals surface area contributed by atoms with E-state index < -0.39 is 10.0 Å². The van der Waals surface area contributed by atoms with Crippen LogP contribution in [0.5, 0.6) is 0 Å². The number of benzene rings is 2. The van der Waals surface area contributed by atoms with Crippen LogP contribution in [0.25, 0.3) is 10.9 Å². The van der Waals surface area contributed by atoms with Crippen LogP contribution in [-0.2, 0) is 21.3 Å². The third-order valence-electron chi connectivity index (χ3n) is 5.43. The van der Waals surface area contributed by atoms with Crippen LogP contribution in [0, 0.1) is 0 Å². The van der Waals surface area contributed by atoms with Gasteiger partial charge < -0.3 is 19.5 Å². The van der Waals surface area contributed by atoms with Crippen molar-refractivity contribution in [3.63, 3.8) is 0 Å². The van der Waals surface area contributed by atoms with Crippen LogP contribution in [0.1, 0.15) is 16.8 Å². The van der Waals surface area contributed by atoms with Gasteiger partial charge in [-0.15, -0.1) is 0 Å². The van der Waals surface area contributed by atoms with Crippen LogP contribution >= 0.6 is 0 Å². The lowest BCUT2D eigenvalue weighted by Crippen LogP contribution is -2.38. The predicted octanol–water partition coefficient (Wildman–Crippen LogP) is 1.95. The molecule has 4 rings (SSSR count). The largest absolute Gasteiger partial charge is 0.378 e. The second-order valence-electron chi connectivity index (χ2n) is 7.50. The van der Waals surface area contributed by atoms with Crippen LogP contribution in [0.3, 0.4) is 0 Å². The van der Waals surface area contributed by atoms with Gasteiger partial charge in [0.25, 0.3) is 5.91 Å². The van der Waals surface area contributed by atoms with Crippen LogP contribution in [-0.4, -0.2) is 51.7 Å². The van der Waals surface area contributed by atoms with Gasteiger partial charge in [-0.2, -0.15) is 0 Å². The fourth-order valence-electron chi connectivity index (χ4n) is 3.84. The highest BCUT2D eigenvalue weighted by atomic mass is 32.2. The summed E-state index contributed by atoms with van der Waals surface area (Å²) in [5, 5.41) is 9.38. The Kier molecular flexibility index (Phi) is 6.26. The number of sulfonamides is 1. The molecule has 1 aliphatic rings. The molecule has 0 atom stereocenters. The molecule has 1 amide bonds. The summed E-state index contributed by atoms with van der Waals surface area (Å²) in [5.74, 6) is -0.315. The van der Waals surface area contributed by atoms with E-state index in [9.17, 15) is 13.2 Å². The number of anilines is 1. The standard InChI is InChI=1S/C22H26N4O4S/c23-31(28,29)18-6-7-21(26-12-14-30-15-13-26)19(16-18)22(27)24-9-3-10-25-11-8-17-4-1-2-5-20(17)25/h1-2,4-8,11,16H,3,9-10,12-15H2,(H,24,27)(H2,23,28,29). The number of rotatable bonds is 7. The van der Waals surface area contributed by atoms with Gasteiger partial charge in [0.2, 0.25) is 10.0 Å². The highest BCUT2D eigenvalue weighted by molar-refractivity contribution is 7.89. The summed E-state index contributed by atoms with van der Waals surface area (Å²) < 4.78 is 31.1. The van der Waals surface area contributed by atoms with Crippen molar-refractivity contribution in [2.24, 2.45) is 5.14 Å². The van der Waals surface area contributed by atoms with Crippen molar-refractivity contribution in [1.29, 1.82) is 0 Å². The zero-order valence-electron chi connectivity index (χ0n) is 17.2. The topological polar surface area (TPSA) is 107 Å². The molecule has 0 unspecified atom stereocenters. The van der Waals surface area contributed by atoms with Crippen molar-refractivity contribution in [1.82, 2.24) is 9.88 Å². The molecule has 0 bridgehead atoms. The van der Waals surface area contributed by atoms with E-state index in [-0.39, 0.29) is 10.8 Å². The van der Waals surface area contributed by atoms with E-state index in [1.54, 1.807) is 6.07 Å². The molecule has 1 aliphatic heterocycles. The molecule has 0 radical (unpaired) electrons. The van der Waals surface area contributed by atoms with Crippen LogP contribution in [0.2, 0.25) is 0 Å². The third kappa shape index (κ3) is 4.90. The zero-order chi connectivity index (χ0) is 21.8. The summed E-state index contributed by atoms with van der Waals surface area (Å²) in [6, 6.07) is 14.7. The third-order valence-corrected chi connectivity index (χ3v) is 6.35. The maximum Gasteiger partial charge on any atom is 0.253 e. The number of aryl methyl sites for hydroxylation is 1. The number of nitrogens with two attached hydrogens (primary N) is 1. The summed E-state index contributed by atoms with van der Waals surface area (Å²) >= 11 is 0. The molecule has 1 aromatic heterocycles. The van der Waals surface area contributed by atoms with Crippen molar-refractivity contribution >= 4 is 32.5 Å². The Bertz CT molecular complexity index is 1180. The molecule has 9 heteroatoms. The summed E-state index contributed by atoms with van der Waals surface area (Å²) in [6.07, 6.45) is 2.78. The second kappa shape index (κ2) is 9.09. The van der Waals surface area contributed by atoms with Gasteiger partial charge in [0.05, 0.1) is 23.7 Å². The predicted molar refractivity (Wildman–Crippen MR) is 120 cm³/mol. The van der Waals surface area contributed by atoms with Gasteiger partial charge in [-0.25, -0.2) is 13.6 Å². The number of aromatic nitrogens is 1. The van der Waals surface area contributed by atoms with Crippen LogP contribution in [0.4, 0.5) is 5.69 Å². The average molecular weight is 443 g/mol. The Morgan fingerprint density at radius 3 is 2.65 bits per heavy atom. The van der Waals surface area contributed by atoms with Crippen molar-refractivity contribution in [3.8, 4) is 0 Å². The number of fused-ring (bicyclic) bond motifs is 1. The number of nitrogens with zero attached hydrogens (tertiary/aromatic N) is 2. The summed E-state index contributed by atoms with van der Waals surface area (Å²) in [6.45, 7) is 3.62. The van der Waals surface area contributed by atoms with Crippen LogP contribution in [0.15, 0.2) is 59.6 Å². The molecule has 2 aromatic carbocycles. The number of nitrogens with one attached hydrogen (secondary N) is 1. The number of morpholine rings is 1. The van der Waals surface area contributed by atoms with Gasteiger partial charge in [-0.3, -0.25) is 4.79 Å². The number of carbonyl (C=O) groups excluding carboxylic acids is 1. The molecular weight excluding hydrogens is 416 g/mol. The zero-order valence-corrected chi connectivity index (χ0v) is 18.0. The lowest BCUT2D eigenvalue weighted by Gasteiger charge is -2.30. The molecule has 2 heterocycles. The molecule has 164 valence electrons. The van der Waals surface area contributed by atoms with Gasteiger partial charge in [-0.1, -0.05) is 18.2 Å². The van der Waals surface area contributed by atoms with E-state index in [0.717, 1.165) is 18.5 Å². The lowest BCUT2D eigenvalue weighted by atomic mass is 10.1. The van der Waals surface area contributed by atoms with Crippen molar-refractivity contribution in [2.45, 2.75) is 17.9 Å². The molecular formula is C22H26N4O4S. The Hall–Kier alpha value is -2.88. The number of amides is 1. The molecule has 0 saturated carbocycles. The molecule has 8 nitrogen and oxygen atoms in total. The second-order valence-corrected chi connectivity index (χ2v) is 9.06. The normalized spacial score (nSPS) is 14.7. The van der Waals surface area contributed by atoms with E-state index in [0.29, 0.717) is 44.1 Å². The van der Waals surface area contributed by atoms with Gasteiger partial charge in [0.15, 0.2) is 0 Å². The van der Waals surface area contributed by atoms with Crippen molar-refractivity contribution < 1.29 is 17.9 Å². The van der Waals surface area contributed by atoms with Gasteiger partial charge in [0, 0.05) is 43.6 Å². The van der Waals surface area contributed by atoms with E-state index in [1.807, 2.05) is 23.2 Å². The number of ether oxygens (including phenoxy) is 1. The molecule has 0 spiro atoms.